The number of carbonyl (C=O) groups excluding carboxylic acids is 1. The van der Waals surface area contributed by atoms with Crippen LogP contribution in [-0.2, 0) is 4.79 Å². The molecule has 1 aromatic rings. The molecule has 88 valence electrons. The highest BCUT2D eigenvalue weighted by Gasteiger charge is 2.43. The SMILES string of the molecule is N#Cc1ccc(NC(=O)C2(NCl)CCC2)cc1. The number of nitriles is 1. The Hall–Kier alpha value is -1.57. The lowest BCUT2D eigenvalue weighted by Crippen LogP contribution is -2.56. The first-order valence-corrected chi connectivity index (χ1v) is 5.77. The molecule has 0 aromatic heterocycles. The van der Waals surface area contributed by atoms with Crippen LogP contribution in [0.5, 0.6) is 0 Å². The molecule has 1 amide bonds. The van der Waals surface area contributed by atoms with Crippen LogP contribution in [0, 0.1) is 11.3 Å². The Morgan fingerprint density at radius 3 is 2.41 bits per heavy atom. The number of halogens is 1. The second-order valence-corrected chi connectivity index (χ2v) is 4.36. The van der Waals surface area contributed by atoms with E-state index in [0.29, 0.717) is 11.3 Å². The van der Waals surface area contributed by atoms with Crippen molar-refractivity contribution in [3.05, 3.63) is 29.8 Å². The number of amides is 1. The van der Waals surface area contributed by atoms with Crippen molar-refractivity contribution in [3.63, 3.8) is 0 Å². The van der Waals surface area contributed by atoms with Crippen LogP contribution in [0.1, 0.15) is 24.8 Å². The highest BCUT2D eigenvalue weighted by Crippen LogP contribution is 2.33. The molecule has 0 heterocycles. The van der Waals surface area contributed by atoms with E-state index in [1.165, 1.54) is 0 Å². The number of benzene rings is 1. The van der Waals surface area contributed by atoms with Crippen molar-refractivity contribution >= 4 is 23.4 Å². The van der Waals surface area contributed by atoms with E-state index in [2.05, 4.69) is 10.2 Å². The van der Waals surface area contributed by atoms with Crippen LogP contribution < -0.4 is 10.2 Å². The van der Waals surface area contributed by atoms with Crippen molar-refractivity contribution in [3.8, 4) is 6.07 Å². The second-order valence-electron chi connectivity index (χ2n) is 4.17. The Bertz CT molecular complexity index is 454. The van der Waals surface area contributed by atoms with Gasteiger partial charge >= 0.3 is 0 Å². The van der Waals surface area contributed by atoms with E-state index >= 15 is 0 Å². The Morgan fingerprint density at radius 1 is 1.35 bits per heavy atom. The van der Waals surface area contributed by atoms with Crippen LogP contribution in [0.25, 0.3) is 0 Å². The van der Waals surface area contributed by atoms with Crippen LogP contribution in [0.15, 0.2) is 24.3 Å². The lowest BCUT2D eigenvalue weighted by atomic mass is 9.77. The second kappa shape index (κ2) is 4.74. The minimum atomic E-state index is -0.630. The summed E-state index contributed by atoms with van der Waals surface area (Å²) in [5, 5.41) is 11.5. The van der Waals surface area contributed by atoms with Gasteiger partial charge in [-0.15, -0.1) is 0 Å². The normalized spacial score (nSPS) is 16.7. The van der Waals surface area contributed by atoms with Crippen molar-refractivity contribution < 1.29 is 4.79 Å². The van der Waals surface area contributed by atoms with E-state index in [1.807, 2.05) is 6.07 Å². The zero-order valence-corrected chi connectivity index (χ0v) is 9.92. The molecule has 2 rings (SSSR count). The maximum absolute atomic E-state index is 12.0. The maximum Gasteiger partial charge on any atom is 0.245 e. The lowest BCUT2D eigenvalue weighted by molar-refractivity contribution is -0.124. The number of hydrogen-bond donors (Lipinski definition) is 2. The fourth-order valence-corrected chi connectivity index (χ4v) is 2.05. The molecule has 0 saturated heterocycles. The van der Waals surface area contributed by atoms with Gasteiger partial charge in [0.1, 0.15) is 5.54 Å². The number of carbonyl (C=O) groups is 1. The molecule has 0 atom stereocenters. The van der Waals surface area contributed by atoms with Crippen LogP contribution in [0.2, 0.25) is 0 Å². The van der Waals surface area contributed by atoms with Crippen LogP contribution >= 0.6 is 11.8 Å². The molecule has 1 aliphatic carbocycles. The highest BCUT2D eigenvalue weighted by atomic mass is 35.5. The van der Waals surface area contributed by atoms with E-state index in [0.717, 1.165) is 19.3 Å². The summed E-state index contributed by atoms with van der Waals surface area (Å²) in [5.41, 5.74) is 0.610. The first-order chi connectivity index (χ1) is 8.20. The predicted molar refractivity (Wildman–Crippen MR) is 65.4 cm³/mol. The van der Waals surface area contributed by atoms with Gasteiger partial charge in [0.15, 0.2) is 0 Å². The van der Waals surface area contributed by atoms with Crippen molar-refractivity contribution in [2.24, 2.45) is 0 Å². The summed E-state index contributed by atoms with van der Waals surface area (Å²) in [4.78, 5) is 14.5. The number of rotatable bonds is 3. The van der Waals surface area contributed by atoms with Crippen molar-refractivity contribution in [2.45, 2.75) is 24.8 Å². The molecule has 0 spiro atoms. The van der Waals surface area contributed by atoms with Gasteiger partial charge in [-0.05, 0) is 55.3 Å². The lowest BCUT2D eigenvalue weighted by Gasteiger charge is -2.38. The van der Waals surface area contributed by atoms with Crippen LogP contribution in [0.3, 0.4) is 0 Å². The summed E-state index contributed by atoms with van der Waals surface area (Å²) in [7, 11) is 0. The van der Waals surface area contributed by atoms with Gasteiger partial charge in [-0.3, -0.25) is 4.79 Å². The third-order valence-corrected chi connectivity index (χ3v) is 3.46. The molecule has 5 heteroatoms. The van der Waals surface area contributed by atoms with Crippen molar-refractivity contribution in [1.29, 1.82) is 5.26 Å². The van der Waals surface area contributed by atoms with E-state index in [-0.39, 0.29) is 5.91 Å². The quantitative estimate of drug-likeness (QED) is 0.807. The number of anilines is 1. The molecule has 4 nitrogen and oxygen atoms in total. The van der Waals surface area contributed by atoms with Crippen molar-refractivity contribution in [2.75, 3.05) is 5.32 Å². The van der Waals surface area contributed by atoms with Gasteiger partial charge < -0.3 is 5.32 Å². The Labute approximate surface area is 105 Å². The largest absolute Gasteiger partial charge is 0.324 e. The van der Waals surface area contributed by atoms with Crippen LogP contribution in [-0.4, -0.2) is 11.4 Å². The fourth-order valence-electron chi connectivity index (χ4n) is 1.77. The summed E-state index contributed by atoms with van der Waals surface area (Å²) in [6, 6.07) is 8.76. The summed E-state index contributed by atoms with van der Waals surface area (Å²) in [5.74, 6) is -0.122. The molecule has 1 fully saturated rings. The molecule has 0 bridgehead atoms. The zero-order chi connectivity index (χ0) is 12.3. The molecule has 1 aromatic carbocycles. The van der Waals surface area contributed by atoms with Gasteiger partial charge in [0.25, 0.3) is 0 Å². The summed E-state index contributed by atoms with van der Waals surface area (Å²) in [6.07, 6.45) is 2.50. The van der Waals surface area contributed by atoms with Crippen molar-refractivity contribution in [1.82, 2.24) is 4.84 Å². The highest BCUT2D eigenvalue weighted by molar-refractivity contribution is 6.17. The third kappa shape index (κ3) is 2.26. The van der Waals surface area contributed by atoms with E-state index in [1.54, 1.807) is 24.3 Å². The minimum Gasteiger partial charge on any atom is -0.324 e. The number of nitrogens with zero attached hydrogens (tertiary/aromatic N) is 1. The minimum absolute atomic E-state index is 0.122. The average molecular weight is 250 g/mol. The topological polar surface area (TPSA) is 64.9 Å². The standard InChI is InChI=1S/C12H12ClN3O/c13-16-12(6-1-7-12)11(17)15-10-4-2-9(8-14)3-5-10/h2-5,16H,1,6-7H2,(H,15,17). The monoisotopic (exact) mass is 249 g/mol. The molecule has 2 N–H and O–H groups in total. The molecule has 1 saturated carbocycles. The van der Waals surface area contributed by atoms with Gasteiger partial charge in [0.2, 0.25) is 5.91 Å². The van der Waals surface area contributed by atoms with E-state index < -0.39 is 5.54 Å². The summed E-state index contributed by atoms with van der Waals surface area (Å²) in [6.45, 7) is 0. The number of nitrogens with one attached hydrogen (secondary N) is 2. The van der Waals surface area contributed by atoms with E-state index in [9.17, 15) is 4.79 Å². The predicted octanol–water partition coefficient (Wildman–Crippen LogP) is 2.16. The van der Waals surface area contributed by atoms with Gasteiger partial charge in [-0.2, -0.15) is 5.26 Å². The first kappa shape index (κ1) is 11.9. The fraction of sp³-hybridized carbons (Fsp3) is 0.333. The first-order valence-electron chi connectivity index (χ1n) is 5.40. The molecule has 0 unspecified atom stereocenters. The summed E-state index contributed by atoms with van der Waals surface area (Å²) >= 11 is 5.62. The van der Waals surface area contributed by atoms with Gasteiger partial charge in [0.05, 0.1) is 11.6 Å². The third-order valence-electron chi connectivity index (χ3n) is 3.09. The summed E-state index contributed by atoms with van der Waals surface area (Å²) < 4.78 is 0. The Kier molecular flexibility index (Phi) is 3.32. The molecule has 0 aliphatic heterocycles. The maximum atomic E-state index is 12.0. The molecular formula is C12H12ClN3O. The molecule has 17 heavy (non-hydrogen) atoms. The van der Waals surface area contributed by atoms with E-state index in [4.69, 9.17) is 17.0 Å². The average Bonchev–Trinajstić information content (AvgIpc) is 2.29. The Balaban J connectivity index is 2.05. The van der Waals surface area contributed by atoms with Gasteiger partial charge in [0, 0.05) is 5.69 Å². The van der Waals surface area contributed by atoms with Crippen LogP contribution in [0.4, 0.5) is 5.69 Å². The molecule has 1 aliphatic rings. The smallest absolute Gasteiger partial charge is 0.245 e. The van der Waals surface area contributed by atoms with Gasteiger partial charge in [-0.1, -0.05) is 0 Å². The zero-order valence-electron chi connectivity index (χ0n) is 9.16. The number of hydrogen-bond acceptors (Lipinski definition) is 3. The Morgan fingerprint density at radius 2 is 2.00 bits per heavy atom. The molecular weight excluding hydrogens is 238 g/mol. The molecule has 0 radical (unpaired) electrons. The van der Waals surface area contributed by atoms with Gasteiger partial charge in [-0.25, -0.2) is 4.84 Å².